The Kier molecular flexibility index (Phi) is 6.70. The van der Waals surface area contributed by atoms with Gasteiger partial charge in [0.2, 0.25) is 0 Å². The highest BCUT2D eigenvalue weighted by molar-refractivity contribution is 8.15. The first kappa shape index (κ1) is 14.5. The monoisotopic (exact) mass is 227 g/mol. The van der Waals surface area contributed by atoms with Crippen molar-refractivity contribution in [3.63, 3.8) is 0 Å². The SMILES string of the molecule is C=C/C=C\C(=C/C)C[SH](N)CC(C)(C)C. The molecule has 0 fully saturated rings. The zero-order valence-corrected chi connectivity index (χ0v) is 11.3. The van der Waals surface area contributed by atoms with Crippen LogP contribution in [0.4, 0.5) is 0 Å². The van der Waals surface area contributed by atoms with Gasteiger partial charge in [-0.3, -0.25) is 5.14 Å². The van der Waals surface area contributed by atoms with Gasteiger partial charge in [0, 0.05) is 5.75 Å². The first-order valence-corrected chi connectivity index (χ1v) is 7.11. The number of rotatable bonds is 5. The van der Waals surface area contributed by atoms with Crippen molar-refractivity contribution in [2.75, 3.05) is 11.5 Å². The zero-order valence-electron chi connectivity index (χ0n) is 10.5. The van der Waals surface area contributed by atoms with Crippen LogP contribution >= 0.6 is 11.1 Å². The van der Waals surface area contributed by atoms with Gasteiger partial charge in [0.25, 0.3) is 0 Å². The Morgan fingerprint density at radius 2 is 2.00 bits per heavy atom. The summed E-state index contributed by atoms with van der Waals surface area (Å²) in [5.74, 6) is 2.12. The zero-order chi connectivity index (χ0) is 11.9. The number of hydrogen-bond acceptors (Lipinski definition) is 1. The molecule has 0 bridgehead atoms. The van der Waals surface area contributed by atoms with Crippen molar-refractivity contribution < 1.29 is 0 Å². The standard InChI is InChI=1S/C13H25NS/c1-6-8-9-12(7-2)10-15(14)11-13(3,4)5/h6-9,15H,1,10-11,14H2,2-5H3/b9-8-,12-7+. The lowest BCUT2D eigenvalue weighted by atomic mass is 10.0. The molecule has 0 aromatic carbocycles. The Labute approximate surface area is 97.6 Å². The molecule has 1 nitrogen and oxygen atoms in total. The molecule has 2 N–H and O–H groups in total. The fourth-order valence-electron chi connectivity index (χ4n) is 1.33. The van der Waals surface area contributed by atoms with Crippen molar-refractivity contribution >= 4 is 11.1 Å². The summed E-state index contributed by atoms with van der Waals surface area (Å²) >= 11 is -0.384. The normalized spacial score (nSPS) is 16.9. The molecule has 0 aliphatic rings. The van der Waals surface area contributed by atoms with E-state index >= 15 is 0 Å². The second kappa shape index (κ2) is 6.91. The lowest BCUT2D eigenvalue weighted by molar-refractivity contribution is 0.479. The predicted octanol–water partition coefficient (Wildman–Crippen LogP) is 3.60. The van der Waals surface area contributed by atoms with Crippen LogP contribution in [-0.4, -0.2) is 11.5 Å². The first-order valence-electron chi connectivity index (χ1n) is 5.33. The smallest absolute Gasteiger partial charge is 0.0111 e. The summed E-state index contributed by atoms with van der Waals surface area (Å²) in [6.07, 6.45) is 7.99. The lowest BCUT2D eigenvalue weighted by Gasteiger charge is -2.26. The second-order valence-corrected chi connectivity index (χ2v) is 6.73. The molecule has 2 heteroatoms. The molecule has 0 aliphatic carbocycles. The van der Waals surface area contributed by atoms with Gasteiger partial charge in [-0.1, -0.05) is 51.7 Å². The van der Waals surface area contributed by atoms with E-state index in [0.717, 1.165) is 11.5 Å². The number of allylic oxidation sites excluding steroid dienone is 4. The van der Waals surface area contributed by atoms with Crippen molar-refractivity contribution in [1.82, 2.24) is 0 Å². The third-order valence-corrected chi connectivity index (χ3v) is 4.01. The summed E-state index contributed by atoms with van der Waals surface area (Å²) in [5.41, 5.74) is 1.65. The fraction of sp³-hybridized carbons (Fsp3) is 0.538. The average Bonchev–Trinajstić information content (AvgIpc) is 2.09. The van der Waals surface area contributed by atoms with Gasteiger partial charge < -0.3 is 0 Å². The summed E-state index contributed by atoms with van der Waals surface area (Å²) in [4.78, 5) is 0. The van der Waals surface area contributed by atoms with Gasteiger partial charge in [0.05, 0.1) is 0 Å². The molecule has 0 rings (SSSR count). The minimum Gasteiger partial charge on any atom is -0.296 e. The van der Waals surface area contributed by atoms with Gasteiger partial charge in [0.15, 0.2) is 0 Å². The number of thiol groups is 1. The number of hydrogen-bond donors (Lipinski definition) is 2. The average molecular weight is 227 g/mol. The van der Waals surface area contributed by atoms with Crippen LogP contribution in [0.1, 0.15) is 27.7 Å². The van der Waals surface area contributed by atoms with Crippen LogP contribution in [0.25, 0.3) is 0 Å². The van der Waals surface area contributed by atoms with Crippen molar-refractivity contribution in [2.24, 2.45) is 10.6 Å². The van der Waals surface area contributed by atoms with E-state index in [1.807, 2.05) is 6.08 Å². The van der Waals surface area contributed by atoms with E-state index in [9.17, 15) is 0 Å². The van der Waals surface area contributed by atoms with Crippen LogP contribution in [0.15, 0.2) is 36.5 Å². The Morgan fingerprint density at radius 3 is 2.40 bits per heavy atom. The molecular weight excluding hydrogens is 202 g/mol. The molecule has 0 amide bonds. The summed E-state index contributed by atoms with van der Waals surface area (Å²) in [6.45, 7) is 12.4. The Morgan fingerprint density at radius 1 is 1.40 bits per heavy atom. The van der Waals surface area contributed by atoms with Gasteiger partial charge >= 0.3 is 0 Å². The molecule has 0 aliphatic heterocycles. The van der Waals surface area contributed by atoms with Gasteiger partial charge in [-0.05, 0) is 23.7 Å². The quantitative estimate of drug-likeness (QED) is 0.545. The molecule has 0 radical (unpaired) electrons. The Bertz CT molecular complexity index is 246. The molecule has 0 saturated carbocycles. The summed E-state index contributed by atoms with van der Waals surface area (Å²) < 4.78 is 0. The topological polar surface area (TPSA) is 26.0 Å². The van der Waals surface area contributed by atoms with Gasteiger partial charge in [-0.2, -0.15) is 0 Å². The molecule has 0 spiro atoms. The minimum atomic E-state index is -0.384. The molecule has 88 valence electrons. The van der Waals surface area contributed by atoms with E-state index in [1.165, 1.54) is 5.57 Å². The van der Waals surface area contributed by atoms with Gasteiger partial charge in [-0.15, -0.1) is 0 Å². The fourth-order valence-corrected chi connectivity index (χ4v) is 3.42. The Hall–Kier alpha value is -0.470. The van der Waals surface area contributed by atoms with Crippen LogP contribution in [0.3, 0.4) is 0 Å². The predicted molar refractivity (Wildman–Crippen MR) is 75.5 cm³/mol. The van der Waals surface area contributed by atoms with E-state index in [4.69, 9.17) is 5.14 Å². The number of nitrogens with two attached hydrogens (primary N) is 1. The highest BCUT2D eigenvalue weighted by Crippen LogP contribution is 2.29. The highest BCUT2D eigenvalue weighted by Gasteiger charge is 2.13. The van der Waals surface area contributed by atoms with E-state index in [1.54, 1.807) is 6.08 Å². The van der Waals surface area contributed by atoms with Crippen molar-refractivity contribution in [3.05, 3.63) is 36.5 Å². The maximum Gasteiger partial charge on any atom is 0.0111 e. The maximum atomic E-state index is 6.17. The van der Waals surface area contributed by atoms with Gasteiger partial charge in [-0.25, -0.2) is 11.1 Å². The second-order valence-electron chi connectivity index (χ2n) is 4.92. The Balaban J connectivity index is 4.20. The molecule has 0 saturated heterocycles. The largest absolute Gasteiger partial charge is 0.296 e. The van der Waals surface area contributed by atoms with E-state index in [-0.39, 0.29) is 11.1 Å². The molecule has 0 aromatic heterocycles. The van der Waals surface area contributed by atoms with Crippen molar-refractivity contribution in [2.45, 2.75) is 27.7 Å². The summed E-state index contributed by atoms with van der Waals surface area (Å²) in [5, 5.41) is 6.17. The molecule has 0 aromatic rings. The van der Waals surface area contributed by atoms with Gasteiger partial charge in [0.1, 0.15) is 0 Å². The van der Waals surface area contributed by atoms with Crippen molar-refractivity contribution in [3.8, 4) is 0 Å². The highest BCUT2D eigenvalue weighted by atomic mass is 32.2. The van der Waals surface area contributed by atoms with Crippen LogP contribution in [0.2, 0.25) is 0 Å². The summed E-state index contributed by atoms with van der Waals surface area (Å²) in [7, 11) is 0. The molecule has 0 heterocycles. The van der Waals surface area contributed by atoms with E-state index in [0.29, 0.717) is 5.41 Å². The molecule has 1 atom stereocenters. The molecule has 1 unspecified atom stereocenters. The third kappa shape index (κ3) is 8.52. The maximum absolute atomic E-state index is 6.17. The third-order valence-electron chi connectivity index (χ3n) is 1.88. The van der Waals surface area contributed by atoms with Crippen molar-refractivity contribution in [1.29, 1.82) is 0 Å². The van der Waals surface area contributed by atoms with Crippen LogP contribution in [0.5, 0.6) is 0 Å². The van der Waals surface area contributed by atoms with Crippen LogP contribution < -0.4 is 5.14 Å². The first-order chi connectivity index (χ1) is 6.89. The van der Waals surface area contributed by atoms with E-state index < -0.39 is 0 Å². The van der Waals surface area contributed by atoms with Crippen LogP contribution in [0, 0.1) is 5.41 Å². The molecule has 15 heavy (non-hydrogen) atoms. The lowest BCUT2D eigenvalue weighted by Crippen LogP contribution is -2.17. The molecular formula is C13H25NS. The van der Waals surface area contributed by atoms with Crippen LogP contribution in [-0.2, 0) is 0 Å². The minimum absolute atomic E-state index is 0.335. The summed E-state index contributed by atoms with van der Waals surface area (Å²) in [6, 6.07) is 0. The van der Waals surface area contributed by atoms with E-state index in [2.05, 4.69) is 46.4 Å².